The van der Waals surface area contributed by atoms with Crippen LogP contribution in [0.2, 0.25) is 0 Å². The number of carbonyl (C=O) groups excluding carboxylic acids is 3. The van der Waals surface area contributed by atoms with Crippen molar-refractivity contribution in [3.8, 4) is 0 Å². The molecule has 0 aromatic carbocycles. The van der Waals surface area contributed by atoms with Gasteiger partial charge in [-0.05, 0) is 0 Å². The topological polar surface area (TPSA) is 180 Å². The average molecular weight is 336 g/mol. The Hall–Kier alpha value is 0.181. The first-order valence-electron chi connectivity index (χ1n) is 4.58. The molecule has 1 heterocycles. The molecule has 1 aliphatic heterocycles. The SMILES string of the molecule is O=C([O-])CC1(O)CC(=O)OB(OP(=O)(O)O)OC1=O.[K+]. The summed E-state index contributed by atoms with van der Waals surface area (Å²) in [6.45, 7) is 0. The van der Waals surface area contributed by atoms with E-state index in [0.29, 0.717) is 0 Å². The fourth-order valence-corrected chi connectivity index (χ4v) is 1.52. The number of rotatable bonds is 4. The summed E-state index contributed by atoms with van der Waals surface area (Å²) in [5.41, 5.74) is -2.76. The van der Waals surface area contributed by atoms with Crippen molar-refractivity contribution in [2.75, 3.05) is 0 Å². The van der Waals surface area contributed by atoms with Gasteiger partial charge < -0.3 is 34.1 Å². The van der Waals surface area contributed by atoms with Gasteiger partial charge >= 0.3 is 72.5 Å². The molecule has 1 rings (SSSR count). The first kappa shape index (κ1) is 20.2. The van der Waals surface area contributed by atoms with Gasteiger partial charge in [-0.1, -0.05) is 0 Å². The van der Waals surface area contributed by atoms with Crippen molar-refractivity contribution >= 4 is 33.1 Å². The quantitative estimate of drug-likeness (QED) is 0.328. The Morgan fingerprint density at radius 1 is 1.45 bits per heavy atom. The molecule has 0 aliphatic carbocycles. The summed E-state index contributed by atoms with van der Waals surface area (Å²) in [5, 5.41) is 20.0. The molecule has 11 nitrogen and oxygen atoms in total. The molecule has 0 aromatic rings. The molecule has 14 heteroatoms. The van der Waals surface area contributed by atoms with Gasteiger partial charge in [0.15, 0.2) is 5.60 Å². The standard InChI is InChI=1S/C6H8BO11P.K/c8-3(9)1-6(12)2-4(10)16-7(17-5(6)11)18-19(13,14)15;/h12H,1-2H2,(H,8,9)(H2,13,14,15);/q;+1/p-1. The maximum atomic E-state index is 11.4. The number of hydrogen-bond donors (Lipinski definition) is 3. The number of aliphatic hydroxyl groups is 1. The third kappa shape index (κ3) is 6.30. The summed E-state index contributed by atoms with van der Waals surface area (Å²) < 4.78 is 22.6. The second kappa shape index (κ2) is 7.45. The number of hydrogen-bond acceptors (Lipinski definition) is 9. The molecular weight excluding hydrogens is 329 g/mol. The van der Waals surface area contributed by atoms with Crippen LogP contribution in [0.15, 0.2) is 0 Å². The van der Waals surface area contributed by atoms with Crippen LogP contribution in [0.3, 0.4) is 0 Å². The second-order valence-electron chi connectivity index (χ2n) is 3.54. The van der Waals surface area contributed by atoms with E-state index in [1.54, 1.807) is 0 Å². The summed E-state index contributed by atoms with van der Waals surface area (Å²) in [6, 6.07) is 0. The van der Waals surface area contributed by atoms with Crippen LogP contribution in [-0.2, 0) is 32.7 Å². The fourth-order valence-electron chi connectivity index (χ4n) is 1.21. The molecule has 1 fully saturated rings. The Kier molecular flexibility index (Phi) is 7.51. The van der Waals surface area contributed by atoms with Crippen LogP contribution < -0.4 is 56.5 Å². The molecule has 0 spiro atoms. The third-order valence-electron chi connectivity index (χ3n) is 1.91. The van der Waals surface area contributed by atoms with Crippen molar-refractivity contribution in [1.82, 2.24) is 0 Å². The maximum Gasteiger partial charge on any atom is 1.00 e. The zero-order valence-electron chi connectivity index (χ0n) is 10.0. The predicted octanol–water partition coefficient (Wildman–Crippen LogP) is -6.55. The van der Waals surface area contributed by atoms with Crippen molar-refractivity contribution < 1.29 is 104 Å². The van der Waals surface area contributed by atoms with Crippen LogP contribution in [0.4, 0.5) is 0 Å². The Morgan fingerprint density at radius 3 is 2.45 bits per heavy atom. The maximum absolute atomic E-state index is 11.4. The molecule has 0 amide bonds. The zero-order chi connectivity index (χ0) is 14.8. The van der Waals surface area contributed by atoms with Crippen molar-refractivity contribution in [1.29, 1.82) is 0 Å². The molecular formula is C6H7BKO11P. The van der Waals surface area contributed by atoms with E-state index in [-0.39, 0.29) is 51.4 Å². The minimum absolute atomic E-state index is 0. The Morgan fingerprint density at radius 2 is 2.00 bits per heavy atom. The van der Waals surface area contributed by atoms with Crippen LogP contribution in [-0.4, -0.2) is 45.7 Å². The summed E-state index contributed by atoms with van der Waals surface area (Å²) in [4.78, 5) is 49.8. The number of phosphoric acid groups is 1. The van der Waals surface area contributed by atoms with Crippen molar-refractivity contribution in [3.63, 3.8) is 0 Å². The first-order chi connectivity index (χ1) is 8.52. The van der Waals surface area contributed by atoms with E-state index in [4.69, 9.17) is 9.79 Å². The van der Waals surface area contributed by atoms with Gasteiger partial charge in [-0.3, -0.25) is 14.0 Å². The van der Waals surface area contributed by atoms with Crippen LogP contribution in [0.25, 0.3) is 0 Å². The molecule has 0 radical (unpaired) electrons. The van der Waals surface area contributed by atoms with Gasteiger partial charge in [0, 0.05) is 12.4 Å². The van der Waals surface area contributed by atoms with E-state index in [1.165, 1.54) is 0 Å². The normalized spacial score (nSPS) is 23.2. The van der Waals surface area contributed by atoms with Crippen molar-refractivity contribution in [3.05, 3.63) is 0 Å². The van der Waals surface area contributed by atoms with Crippen molar-refractivity contribution in [2.45, 2.75) is 18.4 Å². The van der Waals surface area contributed by atoms with Gasteiger partial charge in [0.05, 0.1) is 6.42 Å². The monoisotopic (exact) mass is 336 g/mol. The number of carboxylic acid groups (broad SMARTS) is 1. The smallest absolute Gasteiger partial charge is 0.550 e. The van der Waals surface area contributed by atoms with Gasteiger partial charge in [-0.15, -0.1) is 0 Å². The number of carbonyl (C=O) groups is 3. The van der Waals surface area contributed by atoms with Gasteiger partial charge in [-0.25, -0.2) is 4.57 Å². The summed E-state index contributed by atoms with van der Waals surface area (Å²) >= 11 is 0. The summed E-state index contributed by atoms with van der Waals surface area (Å²) in [5.74, 6) is -4.85. The van der Waals surface area contributed by atoms with E-state index in [1.807, 2.05) is 0 Å². The fraction of sp³-hybridized carbons (Fsp3) is 0.500. The Labute approximate surface area is 154 Å². The van der Waals surface area contributed by atoms with E-state index < -0.39 is 51.5 Å². The van der Waals surface area contributed by atoms with Crippen LogP contribution >= 0.6 is 7.82 Å². The third-order valence-corrected chi connectivity index (χ3v) is 2.35. The molecule has 106 valence electrons. The summed E-state index contributed by atoms with van der Waals surface area (Å²) in [6.07, 6.45) is -2.36. The van der Waals surface area contributed by atoms with Gasteiger partial charge in [-0.2, -0.15) is 0 Å². The van der Waals surface area contributed by atoms with Crippen molar-refractivity contribution in [2.24, 2.45) is 0 Å². The molecule has 0 saturated carbocycles. The molecule has 20 heavy (non-hydrogen) atoms. The molecule has 1 saturated heterocycles. The van der Waals surface area contributed by atoms with Crippen LogP contribution in [0, 0.1) is 0 Å². The molecule has 0 bridgehead atoms. The minimum atomic E-state index is -5.14. The van der Waals surface area contributed by atoms with Crippen LogP contribution in [0.5, 0.6) is 0 Å². The van der Waals surface area contributed by atoms with Gasteiger partial charge in [0.1, 0.15) is 0 Å². The zero-order valence-corrected chi connectivity index (χ0v) is 14.1. The Bertz CT molecular complexity index is 462. The summed E-state index contributed by atoms with van der Waals surface area (Å²) in [7, 11) is -7.53. The average Bonchev–Trinajstić information content (AvgIpc) is 2.19. The van der Waals surface area contributed by atoms with E-state index in [9.17, 15) is 29.2 Å². The first-order valence-corrected chi connectivity index (χ1v) is 6.12. The van der Waals surface area contributed by atoms with E-state index >= 15 is 0 Å². The molecule has 1 atom stereocenters. The molecule has 1 aliphatic rings. The predicted molar refractivity (Wildman–Crippen MR) is 50.3 cm³/mol. The van der Waals surface area contributed by atoms with Gasteiger partial charge in [0.25, 0.3) is 5.97 Å². The molecule has 3 N–H and O–H groups in total. The van der Waals surface area contributed by atoms with Gasteiger partial charge in [0.2, 0.25) is 0 Å². The largest absolute Gasteiger partial charge is 1.00 e. The molecule has 0 aromatic heterocycles. The number of aliphatic carboxylic acids is 1. The minimum Gasteiger partial charge on any atom is -0.550 e. The molecule has 1 unspecified atom stereocenters. The van der Waals surface area contributed by atoms with E-state index in [2.05, 4.69) is 13.7 Å². The van der Waals surface area contributed by atoms with Crippen LogP contribution in [0.1, 0.15) is 12.8 Å². The Balaban J connectivity index is 0.00000361. The van der Waals surface area contributed by atoms with E-state index in [0.717, 1.165) is 0 Å². The number of carboxylic acids is 1. The second-order valence-corrected chi connectivity index (χ2v) is 4.73.